The van der Waals surface area contributed by atoms with Gasteiger partial charge in [-0.1, -0.05) is 29.8 Å². The second-order valence-corrected chi connectivity index (χ2v) is 5.89. The molecule has 2 aromatic carbocycles. The molecular weight excluding hydrogens is 349 g/mol. The standard InChI is InChI=1S/C19H18FN5O2/c1-12-5-7-15(8-6-12)22-19-24-16(23-18(21)25-19)11-27-17(26)10-13-3-2-4-14(20)9-13/h2-9H,10-11H2,1H3,(H3,21,22,23,24,25). The number of esters is 1. The number of aromatic nitrogens is 3. The van der Waals surface area contributed by atoms with Gasteiger partial charge >= 0.3 is 5.97 Å². The number of nitrogens with two attached hydrogens (primary N) is 1. The van der Waals surface area contributed by atoms with Crippen LogP contribution in [0.25, 0.3) is 0 Å². The number of halogens is 1. The van der Waals surface area contributed by atoms with Crippen LogP contribution in [0.3, 0.4) is 0 Å². The van der Waals surface area contributed by atoms with E-state index in [1.807, 2.05) is 31.2 Å². The maximum absolute atomic E-state index is 13.2. The number of benzene rings is 2. The van der Waals surface area contributed by atoms with E-state index in [0.29, 0.717) is 5.56 Å². The first-order valence-corrected chi connectivity index (χ1v) is 8.22. The number of hydrogen-bond donors (Lipinski definition) is 2. The fourth-order valence-corrected chi connectivity index (χ4v) is 2.33. The number of nitrogens with zero attached hydrogens (tertiary/aromatic N) is 3. The summed E-state index contributed by atoms with van der Waals surface area (Å²) in [5, 5.41) is 3.02. The lowest BCUT2D eigenvalue weighted by Gasteiger charge is -2.08. The molecule has 3 N–H and O–H groups in total. The topological polar surface area (TPSA) is 103 Å². The Labute approximate surface area is 155 Å². The van der Waals surface area contributed by atoms with E-state index in [1.54, 1.807) is 6.07 Å². The van der Waals surface area contributed by atoms with Crippen molar-refractivity contribution in [3.8, 4) is 0 Å². The van der Waals surface area contributed by atoms with Gasteiger partial charge in [0.1, 0.15) is 5.82 Å². The molecule has 0 amide bonds. The maximum atomic E-state index is 13.2. The zero-order valence-electron chi connectivity index (χ0n) is 14.6. The number of anilines is 3. The number of nitrogens with one attached hydrogen (secondary N) is 1. The Bertz CT molecular complexity index is 947. The summed E-state index contributed by atoms with van der Waals surface area (Å²) in [5.74, 6) is -0.451. The van der Waals surface area contributed by atoms with Crippen molar-refractivity contribution in [1.29, 1.82) is 0 Å². The molecule has 1 aromatic heterocycles. The lowest BCUT2D eigenvalue weighted by atomic mass is 10.1. The minimum atomic E-state index is -0.521. The van der Waals surface area contributed by atoms with E-state index in [2.05, 4.69) is 20.3 Å². The minimum Gasteiger partial charge on any atom is -0.457 e. The Morgan fingerprint density at radius 1 is 1.15 bits per heavy atom. The zero-order valence-corrected chi connectivity index (χ0v) is 14.6. The van der Waals surface area contributed by atoms with E-state index in [-0.39, 0.29) is 30.7 Å². The Morgan fingerprint density at radius 2 is 1.93 bits per heavy atom. The van der Waals surface area contributed by atoms with Gasteiger partial charge in [0.25, 0.3) is 0 Å². The molecular formula is C19H18FN5O2. The highest BCUT2D eigenvalue weighted by atomic mass is 19.1. The van der Waals surface area contributed by atoms with Gasteiger partial charge < -0.3 is 15.8 Å². The number of carbonyl (C=O) groups is 1. The molecule has 0 spiro atoms. The molecule has 0 bridgehead atoms. The van der Waals surface area contributed by atoms with E-state index < -0.39 is 11.8 Å². The molecule has 0 aliphatic carbocycles. The van der Waals surface area contributed by atoms with E-state index >= 15 is 0 Å². The monoisotopic (exact) mass is 367 g/mol. The van der Waals surface area contributed by atoms with Gasteiger partial charge in [-0.25, -0.2) is 4.39 Å². The molecule has 0 aliphatic heterocycles. The van der Waals surface area contributed by atoms with Gasteiger partial charge in [-0.3, -0.25) is 4.79 Å². The summed E-state index contributed by atoms with van der Waals surface area (Å²) in [6.45, 7) is 1.82. The number of ether oxygens (including phenoxy) is 1. The number of carbonyl (C=O) groups excluding carboxylic acids is 1. The summed E-state index contributed by atoms with van der Waals surface area (Å²) >= 11 is 0. The van der Waals surface area contributed by atoms with Crippen LogP contribution in [0.5, 0.6) is 0 Å². The third-order valence-electron chi connectivity index (χ3n) is 3.61. The first kappa shape index (κ1) is 18.2. The van der Waals surface area contributed by atoms with Gasteiger partial charge in [0.2, 0.25) is 11.9 Å². The van der Waals surface area contributed by atoms with Gasteiger partial charge in [-0.15, -0.1) is 0 Å². The summed E-state index contributed by atoms with van der Waals surface area (Å²) in [4.78, 5) is 24.1. The summed E-state index contributed by atoms with van der Waals surface area (Å²) in [6, 6.07) is 13.4. The van der Waals surface area contributed by atoms with E-state index in [4.69, 9.17) is 10.5 Å². The lowest BCUT2D eigenvalue weighted by molar-refractivity contribution is -0.144. The van der Waals surface area contributed by atoms with E-state index in [9.17, 15) is 9.18 Å². The van der Waals surface area contributed by atoms with Crippen molar-refractivity contribution < 1.29 is 13.9 Å². The lowest BCUT2D eigenvalue weighted by Crippen LogP contribution is -2.12. The highest BCUT2D eigenvalue weighted by Gasteiger charge is 2.10. The molecule has 27 heavy (non-hydrogen) atoms. The number of rotatable bonds is 6. The fraction of sp³-hybridized carbons (Fsp3) is 0.158. The first-order valence-electron chi connectivity index (χ1n) is 8.22. The zero-order chi connectivity index (χ0) is 19.2. The quantitative estimate of drug-likeness (QED) is 0.646. The average Bonchev–Trinajstić information content (AvgIpc) is 2.62. The molecule has 8 heteroatoms. The molecule has 3 rings (SSSR count). The van der Waals surface area contributed by atoms with Crippen molar-refractivity contribution in [3.05, 3.63) is 71.3 Å². The van der Waals surface area contributed by atoms with Crippen molar-refractivity contribution in [2.75, 3.05) is 11.1 Å². The van der Waals surface area contributed by atoms with Gasteiger partial charge in [0.05, 0.1) is 6.42 Å². The molecule has 0 radical (unpaired) electrons. The van der Waals surface area contributed by atoms with E-state index in [1.165, 1.54) is 18.2 Å². The van der Waals surface area contributed by atoms with Crippen LogP contribution in [-0.2, 0) is 22.6 Å². The Balaban J connectivity index is 1.62. The Kier molecular flexibility index (Phi) is 5.55. The van der Waals surface area contributed by atoms with Gasteiger partial charge in [0.15, 0.2) is 12.4 Å². The molecule has 0 saturated carbocycles. The van der Waals surface area contributed by atoms with Crippen molar-refractivity contribution in [1.82, 2.24) is 15.0 Å². The molecule has 138 valence electrons. The van der Waals surface area contributed by atoms with Gasteiger partial charge in [-0.05, 0) is 36.8 Å². The predicted molar refractivity (Wildman–Crippen MR) is 98.6 cm³/mol. The first-order chi connectivity index (χ1) is 13.0. The van der Waals surface area contributed by atoms with Gasteiger partial charge in [0, 0.05) is 5.69 Å². The fourth-order valence-electron chi connectivity index (χ4n) is 2.33. The summed E-state index contributed by atoms with van der Waals surface area (Å²) in [6.07, 6.45) is -0.0488. The van der Waals surface area contributed by atoms with Crippen molar-refractivity contribution in [3.63, 3.8) is 0 Å². The van der Waals surface area contributed by atoms with Crippen LogP contribution in [0.15, 0.2) is 48.5 Å². The molecule has 0 unspecified atom stereocenters. The summed E-state index contributed by atoms with van der Waals surface area (Å²) in [7, 11) is 0. The maximum Gasteiger partial charge on any atom is 0.310 e. The van der Waals surface area contributed by atoms with Crippen LogP contribution in [0.4, 0.5) is 22.0 Å². The van der Waals surface area contributed by atoms with Crippen LogP contribution in [0.1, 0.15) is 17.0 Å². The van der Waals surface area contributed by atoms with Crippen molar-refractivity contribution in [2.24, 2.45) is 0 Å². The van der Waals surface area contributed by atoms with Crippen LogP contribution in [-0.4, -0.2) is 20.9 Å². The molecule has 7 nitrogen and oxygen atoms in total. The van der Waals surface area contributed by atoms with E-state index in [0.717, 1.165) is 11.3 Å². The SMILES string of the molecule is Cc1ccc(Nc2nc(N)nc(COC(=O)Cc3cccc(F)c3)n2)cc1. The minimum absolute atomic E-state index is 0.00999. The third-order valence-corrected chi connectivity index (χ3v) is 3.61. The average molecular weight is 367 g/mol. The van der Waals surface area contributed by atoms with Crippen LogP contribution < -0.4 is 11.1 Å². The second-order valence-electron chi connectivity index (χ2n) is 5.89. The number of hydrogen-bond acceptors (Lipinski definition) is 7. The molecule has 0 aliphatic rings. The van der Waals surface area contributed by atoms with Crippen LogP contribution in [0.2, 0.25) is 0 Å². The highest BCUT2D eigenvalue weighted by molar-refractivity contribution is 5.72. The summed E-state index contributed by atoms with van der Waals surface area (Å²) in [5.41, 5.74) is 8.14. The Morgan fingerprint density at radius 3 is 2.67 bits per heavy atom. The van der Waals surface area contributed by atoms with Gasteiger partial charge in [-0.2, -0.15) is 15.0 Å². The number of aryl methyl sites for hydroxylation is 1. The largest absolute Gasteiger partial charge is 0.457 e. The van der Waals surface area contributed by atoms with Crippen LogP contribution in [0, 0.1) is 12.7 Å². The third kappa shape index (κ3) is 5.46. The smallest absolute Gasteiger partial charge is 0.310 e. The van der Waals surface area contributed by atoms with Crippen molar-refractivity contribution in [2.45, 2.75) is 20.0 Å². The van der Waals surface area contributed by atoms with Crippen molar-refractivity contribution >= 4 is 23.6 Å². The second kappa shape index (κ2) is 8.22. The molecule has 3 aromatic rings. The molecule has 0 fully saturated rings. The van der Waals surface area contributed by atoms with Crippen LogP contribution >= 0.6 is 0 Å². The molecule has 1 heterocycles. The molecule has 0 saturated heterocycles. The predicted octanol–water partition coefficient (Wildman–Crippen LogP) is 2.93. The summed E-state index contributed by atoms with van der Waals surface area (Å²) < 4.78 is 18.3. The number of nitrogen functional groups attached to an aromatic ring is 1. The highest BCUT2D eigenvalue weighted by Crippen LogP contribution is 2.14. The molecule has 0 atom stereocenters. The normalized spacial score (nSPS) is 10.4. The Hall–Kier alpha value is -3.55.